The summed E-state index contributed by atoms with van der Waals surface area (Å²) in [6.07, 6.45) is 1.47. The van der Waals surface area contributed by atoms with Crippen LogP contribution >= 0.6 is 0 Å². The van der Waals surface area contributed by atoms with E-state index in [1.54, 1.807) is 10.6 Å². The molecule has 2 heterocycles. The zero-order chi connectivity index (χ0) is 15.1. The largest absolute Gasteiger partial charge is 0.507 e. The minimum atomic E-state index is 0.262. The number of phenols is 1. The van der Waals surface area contributed by atoms with Crippen LogP contribution in [0.1, 0.15) is 5.69 Å². The number of anilines is 2. The highest BCUT2D eigenvalue weighted by Gasteiger charge is 2.08. The van der Waals surface area contributed by atoms with E-state index in [2.05, 4.69) is 20.4 Å². The van der Waals surface area contributed by atoms with E-state index in [4.69, 9.17) is 0 Å². The number of aryl methyl sites for hydroxylation is 1. The molecule has 6 nitrogen and oxygen atoms in total. The third-order valence-corrected chi connectivity index (χ3v) is 3.54. The van der Waals surface area contributed by atoms with E-state index in [1.165, 1.54) is 6.33 Å². The molecule has 0 saturated carbocycles. The molecule has 0 unspecified atom stereocenters. The van der Waals surface area contributed by atoms with Gasteiger partial charge in [0.25, 0.3) is 5.78 Å². The van der Waals surface area contributed by atoms with Gasteiger partial charge in [0.1, 0.15) is 17.9 Å². The molecule has 0 aliphatic carbocycles. The number of nitrogens with one attached hydrogen (secondary N) is 1. The molecular formula is C16H13N5O. The van der Waals surface area contributed by atoms with Gasteiger partial charge in [0.15, 0.2) is 0 Å². The van der Waals surface area contributed by atoms with Crippen LogP contribution in [0, 0.1) is 6.92 Å². The zero-order valence-electron chi connectivity index (χ0n) is 11.9. The summed E-state index contributed by atoms with van der Waals surface area (Å²) in [5.74, 6) is 1.58. The molecule has 2 aromatic carbocycles. The normalized spacial score (nSPS) is 11.1. The van der Waals surface area contributed by atoms with Gasteiger partial charge in [-0.15, -0.1) is 0 Å². The minimum Gasteiger partial charge on any atom is -0.507 e. The Kier molecular flexibility index (Phi) is 2.69. The van der Waals surface area contributed by atoms with Gasteiger partial charge in [-0.1, -0.05) is 24.3 Å². The van der Waals surface area contributed by atoms with Crippen LogP contribution in [0.2, 0.25) is 0 Å². The van der Waals surface area contributed by atoms with Crippen LogP contribution in [-0.2, 0) is 0 Å². The maximum atomic E-state index is 9.98. The lowest BCUT2D eigenvalue weighted by atomic mass is 10.1. The first kappa shape index (κ1) is 12.6. The lowest BCUT2D eigenvalue weighted by molar-refractivity contribution is 0.481. The van der Waals surface area contributed by atoms with Crippen LogP contribution in [-0.4, -0.2) is 24.7 Å². The molecule has 0 aliphatic heterocycles. The summed E-state index contributed by atoms with van der Waals surface area (Å²) >= 11 is 0. The van der Waals surface area contributed by atoms with Crippen molar-refractivity contribution >= 4 is 28.1 Å². The molecule has 0 fully saturated rings. The van der Waals surface area contributed by atoms with E-state index in [0.717, 1.165) is 28.0 Å². The lowest BCUT2D eigenvalue weighted by Crippen LogP contribution is -2.03. The standard InChI is InChI=1S/C16H13N5O/c1-10-8-15(21-16(19-10)17-9-18-21)20-13-6-2-5-12-11(13)4-3-7-14(12)22/h2-9,20,22H,1H3. The number of fused-ring (bicyclic) bond motifs is 2. The van der Waals surface area contributed by atoms with Crippen LogP contribution in [0.25, 0.3) is 16.6 Å². The summed E-state index contributed by atoms with van der Waals surface area (Å²) in [5, 5.41) is 19.3. The average Bonchev–Trinajstić information content (AvgIpc) is 2.96. The number of rotatable bonds is 2. The number of aromatic hydroxyl groups is 1. The average molecular weight is 291 g/mol. The number of nitrogens with zero attached hydrogens (tertiary/aromatic N) is 4. The Morgan fingerprint density at radius 1 is 1.09 bits per heavy atom. The zero-order valence-corrected chi connectivity index (χ0v) is 11.9. The summed E-state index contributed by atoms with van der Waals surface area (Å²) in [7, 11) is 0. The quantitative estimate of drug-likeness (QED) is 0.593. The van der Waals surface area contributed by atoms with Gasteiger partial charge in [-0.2, -0.15) is 14.6 Å². The van der Waals surface area contributed by atoms with Crippen LogP contribution in [0.5, 0.6) is 5.75 Å². The molecule has 0 radical (unpaired) electrons. The van der Waals surface area contributed by atoms with Crippen molar-refractivity contribution in [2.75, 3.05) is 5.32 Å². The van der Waals surface area contributed by atoms with Crippen molar-refractivity contribution in [3.63, 3.8) is 0 Å². The van der Waals surface area contributed by atoms with Gasteiger partial charge in [0.05, 0.1) is 0 Å². The second kappa shape index (κ2) is 4.70. The van der Waals surface area contributed by atoms with Crippen LogP contribution < -0.4 is 5.32 Å². The summed E-state index contributed by atoms with van der Waals surface area (Å²) in [6.45, 7) is 1.91. The molecule has 6 heteroatoms. The maximum absolute atomic E-state index is 9.98. The predicted octanol–water partition coefficient (Wildman–Crippen LogP) is 3.04. The van der Waals surface area contributed by atoms with E-state index in [9.17, 15) is 5.11 Å². The molecule has 108 valence electrons. The lowest BCUT2D eigenvalue weighted by Gasteiger charge is -2.11. The van der Waals surface area contributed by atoms with Gasteiger partial charge in [-0.05, 0) is 19.1 Å². The van der Waals surface area contributed by atoms with E-state index >= 15 is 0 Å². The third-order valence-electron chi connectivity index (χ3n) is 3.54. The fraction of sp³-hybridized carbons (Fsp3) is 0.0625. The highest BCUT2D eigenvalue weighted by atomic mass is 16.3. The molecule has 0 aliphatic rings. The fourth-order valence-electron chi connectivity index (χ4n) is 2.56. The molecule has 0 bridgehead atoms. The second-order valence-corrected chi connectivity index (χ2v) is 5.06. The van der Waals surface area contributed by atoms with Crippen molar-refractivity contribution < 1.29 is 5.11 Å². The van der Waals surface area contributed by atoms with Gasteiger partial charge in [-0.25, -0.2) is 4.98 Å². The molecule has 0 saturated heterocycles. The van der Waals surface area contributed by atoms with Crippen LogP contribution in [0.3, 0.4) is 0 Å². The molecule has 22 heavy (non-hydrogen) atoms. The first-order valence-corrected chi connectivity index (χ1v) is 6.87. The Morgan fingerprint density at radius 3 is 2.82 bits per heavy atom. The van der Waals surface area contributed by atoms with Crippen LogP contribution in [0.15, 0.2) is 48.8 Å². The fourth-order valence-corrected chi connectivity index (χ4v) is 2.56. The molecule has 0 amide bonds. The van der Waals surface area contributed by atoms with Crippen molar-refractivity contribution in [1.29, 1.82) is 0 Å². The number of hydrogen-bond acceptors (Lipinski definition) is 5. The first-order valence-electron chi connectivity index (χ1n) is 6.87. The summed E-state index contributed by atoms with van der Waals surface area (Å²) in [6, 6.07) is 13.1. The Bertz CT molecular complexity index is 992. The van der Waals surface area contributed by atoms with Crippen molar-refractivity contribution in [2.45, 2.75) is 6.92 Å². The Morgan fingerprint density at radius 2 is 1.91 bits per heavy atom. The van der Waals surface area contributed by atoms with Crippen LogP contribution in [0.4, 0.5) is 11.5 Å². The van der Waals surface area contributed by atoms with Gasteiger partial charge in [0.2, 0.25) is 0 Å². The van der Waals surface area contributed by atoms with Crippen molar-refractivity contribution in [2.24, 2.45) is 0 Å². The van der Waals surface area contributed by atoms with E-state index in [-0.39, 0.29) is 5.75 Å². The second-order valence-electron chi connectivity index (χ2n) is 5.06. The molecular weight excluding hydrogens is 278 g/mol. The number of benzene rings is 2. The molecule has 0 spiro atoms. The van der Waals surface area contributed by atoms with E-state index in [1.807, 2.05) is 43.3 Å². The number of aromatic nitrogens is 4. The van der Waals surface area contributed by atoms with Gasteiger partial charge >= 0.3 is 0 Å². The van der Waals surface area contributed by atoms with Gasteiger partial charge < -0.3 is 10.4 Å². The third kappa shape index (κ3) is 1.93. The highest BCUT2D eigenvalue weighted by Crippen LogP contribution is 2.31. The molecule has 4 aromatic rings. The van der Waals surface area contributed by atoms with E-state index < -0.39 is 0 Å². The van der Waals surface area contributed by atoms with Crippen molar-refractivity contribution in [3.05, 3.63) is 54.5 Å². The Labute approximate surface area is 126 Å². The molecule has 4 rings (SSSR count). The first-order chi connectivity index (χ1) is 10.7. The van der Waals surface area contributed by atoms with Crippen molar-refractivity contribution in [3.8, 4) is 5.75 Å². The molecule has 2 N–H and O–H groups in total. The monoisotopic (exact) mass is 291 g/mol. The highest BCUT2D eigenvalue weighted by molar-refractivity contribution is 5.98. The SMILES string of the molecule is Cc1cc(Nc2cccc3c(O)cccc23)n2ncnc2n1. The van der Waals surface area contributed by atoms with Gasteiger partial charge in [0, 0.05) is 28.2 Å². The topological polar surface area (TPSA) is 75.3 Å². The number of hydrogen-bond donors (Lipinski definition) is 2. The summed E-state index contributed by atoms with van der Waals surface area (Å²) < 4.78 is 1.65. The predicted molar refractivity (Wildman–Crippen MR) is 84.4 cm³/mol. The Hall–Kier alpha value is -3.15. The van der Waals surface area contributed by atoms with Gasteiger partial charge in [-0.3, -0.25) is 0 Å². The molecule has 0 atom stereocenters. The van der Waals surface area contributed by atoms with E-state index in [0.29, 0.717) is 5.78 Å². The summed E-state index contributed by atoms with van der Waals surface area (Å²) in [5.41, 5.74) is 1.74. The Balaban J connectivity index is 1.90. The van der Waals surface area contributed by atoms with Crippen molar-refractivity contribution in [1.82, 2.24) is 19.6 Å². The maximum Gasteiger partial charge on any atom is 0.254 e. The minimum absolute atomic E-state index is 0.262. The smallest absolute Gasteiger partial charge is 0.254 e. The molecule has 2 aromatic heterocycles. The number of phenolic OH excluding ortho intramolecular Hbond substituents is 1. The summed E-state index contributed by atoms with van der Waals surface area (Å²) in [4.78, 5) is 8.44.